The molecular weight excluding hydrogens is 212 g/mol. The SMILES string of the molecule is CC(NC(=O)N[C@@H](C)C(=O)O)c1cn[nH]c1. The van der Waals surface area contributed by atoms with Crippen molar-refractivity contribution in [2.45, 2.75) is 25.9 Å². The van der Waals surface area contributed by atoms with Gasteiger partial charge in [0.15, 0.2) is 0 Å². The van der Waals surface area contributed by atoms with E-state index < -0.39 is 18.0 Å². The molecule has 7 heteroatoms. The Morgan fingerprint density at radius 1 is 1.44 bits per heavy atom. The van der Waals surface area contributed by atoms with E-state index in [1.165, 1.54) is 6.92 Å². The van der Waals surface area contributed by atoms with Gasteiger partial charge in [-0.05, 0) is 13.8 Å². The third kappa shape index (κ3) is 3.26. The Kier molecular flexibility index (Phi) is 3.87. The molecule has 2 amide bonds. The largest absolute Gasteiger partial charge is 0.480 e. The van der Waals surface area contributed by atoms with Crippen LogP contribution in [0.25, 0.3) is 0 Å². The quantitative estimate of drug-likeness (QED) is 0.590. The standard InChI is InChI=1S/C9H14N4O3/c1-5(7-3-10-11-4-7)12-9(16)13-6(2)8(14)15/h3-6H,1-2H3,(H,10,11)(H,14,15)(H2,12,13,16)/t5?,6-/m0/s1. The van der Waals surface area contributed by atoms with Crippen LogP contribution in [0.3, 0.4) is 0 Å². The van der Waals surface area contributed by atoms with E-state index in [4.69, 9.17) is 5.11 Å². The van der Waals surface area contributed by atoms with Gasteiger partial charge < -0.3 is 15.7 Å². The summed E-state index contributed by atoms with van der Waals surface area (Å²) >= 11 is 0. The summed E-state index contributed by atoms with van der Waals surface area (Å²) in [4.78, 5) is 21.8. The predicted molar refractivity (Wildman–Crippen MR) is 55.8 cm³/mol. The van der Waals surface area contributed by atoms with Crippen molar-refractivity contribution in [1.29, 1.82) is 0 Å². The number of carbonyl (C=O) groups is 2. The van der Waals surface area contributed by atoms with Gasteiger partial charge in [-0.2, -0.15) is 5.10 Å². The summed E-state index contributed by atoms with van der Waals surface area (Å²) in [5, 5.41) is 19.9. The van der Waals surface area contributed by atoms with Gasteiger partial charge in [0.25, 0.3) is 0 Å². The minimum atomic E-state index is -1.08. The van der Waals surface area contributed by atoms with Crippen molar-refractivity contribution in [3.05, 3.63) is 18.0 Å². The van der Waals surface area contributed by atoms with Crippen LogP contribution in [0.2, 0.25) is 0 Å². The number of amides is 2. The lowest BCUT2D eigenvalue weighted by atomic mass is 10.2. The lowest BCUT2D eigenvalue weighted by molar-refractivity contribution is -0.138. The zero-order valence-electron chi connectivity index (χ0n) is 9.02. The number of aromatic amines is 1. The number of H-pyrrole nitrogens is 1. The lowest BCUT2D eigenvalue weighted by Crippen LogP contribution is -2.45. The summed E-state index contributed by atoms with van der Waals surface area (Å²) in [5.74, 6) is -1.08. The second-order valence-electron chi connectivity index (χ2n) is 3.43. The fourth-order valence-electron chi connectivity index (χ4n) is 1.08. The Hall–Kier alpha value is -2.05. The Bertz CT molecular complexity index is 363. The van der Waals surface area contributed by atoms with Crippen molar-refractivity contribution in [3.63, 3.8) is 0 Å². The predicted octanol–water partition coefficient (Wildman–Crippen LogP) is 0.243. The molecule has 16 heavy (non-hydrogen) atoms. The molecule has 0 saturated heterocycles. The van der Waals surface area contributed by atoms with Crippen LogP contribution in [0.4, 0.5) is 4.79 Å². The molecule has 0 aliphatic rings. The van der Waals surface area contributed by atoms with Crippen molar-refractivity contribution in [3.8, 4) is 0 Å². The maximum Gasteiger partial charge on any atom is 0.325 e. The van der Waals surface area contributed by atoms with Crippen LogP contribution >= 0.6 is 0 Å². The smallest absolute Gasteiger partial charge is 0.325 e. The number of carboxylic acid groups (broad SMARTS) is 1. The summed E-state index contributed by atoms with van der Waals surface area (Å²) in [6.45, 7) is 3.17. The monoisotopic (exact) mass is 226 g/mol. The number of hydrogen-bond donors (Lipinski definition) is 4. The maximum atomic E-state index is 11.3. The number of carboxylic acids is 1. The summed E-state index contributed by atoms with van der Waals surface area (Å²) in [6.07, 6.45) is 3.25. The van der Waals surface area contributed by atoms with Gasteiger partial charge in [0.2, 0.25) is 0 Å². The zero-order chi connectivity index (χ0) is 12.1. The molecule has 1 heterocycles. The fraction of sp³-hybridized carbons (Fsp3) is 0.444. The molecule has 0 aliphatic heterocycles. The number of nitrogens with one attached hydrogen (secondary N) is 3. The van der Waals surface area contributed by atoms with Crippen LogP contribution < -0.4 is 10.6 Å². The van der Waals surface area contributed by atoms with Crippen molar-refractivity contribution in [2.24, 2.45) is 0 Å². The normalized spacial score (nSPS) is 13.9. The van der Waals surface area contributed by atoms with Crippen LogP contribution in [-0.4, -0.2) is 33.3 Å². The highest BCUT2D eigenvalue weighted by atomic mass is 16.4. The summed E-state index contributed by atoms with van der Waals surface area (Å²) < 4.78 is 0. The Morgan fingerprint density at radius 3 is 2.62 bits per heavy atom. The van der Waals surface area contributed by atoms with Gasteiger partial charge in [-0.3, -0.25) is 9.89 Å². The van der Waals surface area contributed by atoms with Gasteiger partial charge >= 0.3 is 12.0 Å². The number of aromatic nitrogens is 2. The molecule has 0 fully saturated rings. The minimum Gasteiger partial charge on any atom is -0.480 e. The molecule has 0 aliphatic carbocycles. The molecule has 1 rings (SSSR count). The third-order valence-corrected chi connectivity index (χ3v) is 2.09. The highest BCUT2D eigenvalue weighted by Crippen LogP contribution is 2.08. The molecule has 4 N–H and O–H groups in total. The number of hydrogen-bond acceptors (Lipinski definition) is 3. The number of rotatable bonds is 4. The van der Waals surface area contributed by atoms with Gasteiger partial charge in [0, 0.05) is 11.8 Å². The van der Waals surface area contributed by atoms with E-state index in [0.717, 1.165) is 5.56 Å². The maximum absolute atomic E-state index is 11.3. The first-order valence-electron chi connectivity index (χ1n) is 4.79. The van der Waals surface area contributed by atoms with Gasteiger partial charge in [-0.1, -0.05) is 0 Å². The van der Waals surface area contributed by atoms with Crippen LogP contribution in [0.5, 0.6) is 0 Å². The van der Waals surface area contributed by atoms with E-state index in [1.807, 2.05) is 0 Å². The van der Waals surface area contributed by atoms with Crippen molar-refractivity contribution < 1.29 is 14.7 Å². The van der Waals surface area contributed by atoms with E-state index >= 15 is 0 Å². The Balaban J connectivity index is 2.43. The van der Waals surface area contributed by atoms with Crippen molar-refractivity contribution in [2.75, 3.05) is 0 Å². The molecule has 0 spiro atoms. The van der Waals surface area contributed by atoms with Gasteiger partial charge in [0.1, 0.15) is 6.04 Å². The molecular formula is C9H14N4O3. The summed E-state index contributed by atoms with van der Waals surface area (Å²) in [6, 6.07) is -1.68. The van der Waals surface area contributed by atoms with Crippen LogP contribution in [-0.2, 0) is 4.79 Å². The second-order valence-corrected chi connectivity index (χ2v) is 3.43. The van der Waals surface area contributed by atoms with Crippen LogP contribution in [0, 0.1) is 0 Å². The first-order valence-corrected chi connectivity index (χ1v) is 4.79. The van der Waals surface area contributed by atoms with Crippen molar-refractivity contribution >= 4 is 12.0 Å². The average molecular weight is 226 g/mol. The molecule has 1 unspecified atom stereocenters. The third-order valence-electron chi connectivity index (χ3n) is 2.09. The number of nitrogens with zero attached hydrogens (tertiary/aromatic N) is 1. The molecule has 0 radical (unpaired) electrons. The van der Waals surface area contributed by atoms with E-state index in [1.54, 1.807) is 19.3 Å². The molecule has 2 atom stereocenters. The molecule has 1 aromatic rings. The molecule has 0 bridgehead atoms. The molecule has 0 saturated carbocycles. The lowest BCUT2D eigenvalue weighted by Gasteiger charge is -2.14. The van der Waals surface area contributed by atoms with Gasteiger partial charge in [-0.25, -0.2) is 4.79 Å². The topological polar surface area (TPSA) is 107 Å². The first kappa shape index (κ1) is 12.0. The zero-order valence-corrected chi connectivity index (χ0v) is 9.02. The number of urea groups is 1. The summed E-state index contributed by atoms with van der Waals surface area (Å²) in [5.41, 5.74) is 0.818. The highest BCUT2D eigenvalue weighted by Gasteiger charge is 2.15. The number of carbonyl (C=O) groups excluding carboxylic acids is 1. The van der Waals surface area contributed by atoms with Crippen LogP contribution in [0.1, 0.15) is 25.5 Å². The molecule has 0 aromatic carbocycles. The van der Waals surface area contributed by atoms with Gasteiger partial charge in [0.05, 0.1) is 12.2 Å². The van der Waals surface area contributed by atoms with E-state index in [0.29, 0.717) is 0 Å². The fourth-order valence-corrected chi connectivity index (χ4v) is 1.08. The highest BCUT2D eigenvalue weighted by molar-refractivity contribution is 5.82. The Morgan fingerprint density at radius 2 is 2.12 bits per heavy atom. The summed E-state index contributed by atoms with van der Waals surface area (Å²) in [7, 11) is 0. The first-order chi connectivity index (χ1) is 7.50. The average Bonchev–Trinajstić information content (AvgIpc) is 2.69. The van der Waals surface area contributed by atoms with Crippen LogP contribution in [0.15, 0.2) is 12.4 Å². The van der Waals surface area contributed by atoms with E-state index in [9.17, 15) is 9.59 Å². The molecule has 7 nitrogen and oxygen atoms in total. The number of aliphatic carboxylic acids is 1. The molecule has 1 aromatic heterocycles. The van der Waals surface area contributed by atoms with E-state index in [-0.39, 0.29) is 6.04 Å². The molecule has 88 valence electrons. The second kappa shape index (κ2) is 5.15. The van der Waals surface area contributed by atoms with Crippen molar-refractivity contribution in [1.82, 2.24) is 20.8 Å². The Labute approximate surface area is 92.2 Å². The minimum absolute atomic E-state index is 0.236. The van der Waals surface area contributed by atoms with E-state index in [2.05, 4.69) is 20.8 Å². The van der Waals surface area contributed by atoms with Gasteiger partial charge in [-0.15, -0.1) is 0 Å².